The Labute approximate surface area is 110 Å². The zero-order valence-electron chi connectivity index (χ0n) is 10.1. The summed E-state index contributed by atoms with van der Waals surface area (Å²) in [6.45, 7) is 2.40. The maximum Gasteiger partial charge on any atom is 0.192 e. The summed E-state index contributed by atoms with van der Waals surface area (Å²) in [6.07, 6.45) is 2.36. The van der Waals surface area contributed by atoms with Crippen molar-refractivity contribution in [2.24, 2.45) is 5.73 Å². The van der Waals surface area contributed by atoms with Crippen molar-refractivity contribution in [1.29, 1.82) is 0 Å². The van der Waals surface area contributed by atoms with Crippen molar-refractivity contribution in [3.05, 3.63) is 47.5 Å². The van der Waals surface area contributed by atoms with Gasteiger partial charge in [0.15, 0.2) is 5.16 Å². The van der Waals surface area contributed by atoms with Crippen LogP contribution in [0.1, 0.15) is 11.3 Å². The fourth-order valence-electron chi connectivity index (χ4n) is 1.52. The molecule has 0 radical (unpaired) electrons. The van der Waals surface area contributed by atoms with E-state index in [9.17, 15) is 4.39 Å². The van der Waals surface area contributed by atoms with Gasteiger partial charge in [-0.1, -0.05) is 6.07 Å². The predicted octanol–water partition coefficient (Wildman–Crippen LogP) is 2.58. The van der Waals surface area contributed by atoms with E-state index in [1.165, 1.54) is 17.8 Å². The molecule has 0 aliphatic rings. The zero-order valence-corrected chi connectivity index (χ0v) is 10.9. The molecule has 2 N–H and O–H groups in total. The third kappa shape index (κ3) is 3.27. The number of halogens is 1. The number of hydrogen-bond donors (Lipinski definition) is 1. The smallest absolute Gasteiger partial charge is 0.192 e. The van der Waals surface area contributed by atoms with Crippen LogP contribution in [0.4, 0.5) is 4.39 Å². The van der Waals surface area contributed by atoms with Crippen LogP contribution in [0, 0.1) is 12.7 Å². The topological polar surface area (TPSA) is 51.8 Å². The largest absolute Gasteiger partial charge is 0.330 e. The molecule has 0 saturated carbocycles. The number of nitrogens with two attached hydrogens (primary N) is 1. The van der Waals surface area contributed by atoms with E-state index in [2.05, 4.69) is 9.97 Å². The van der Waals surface area contributed by atoms with Crippen LogP contribution in [-0.2, 0) is 6.42 Å². The van der Waals surface area contributed by atoms with E-state index in [1.807, 2.05) is 19.1 Å². The molecule has 0 saturated heterocycles. The SMILES string of the molecule is Cc1ccnc(Sc2ccc(CCN)cc2F)n1. The summed E-state index contributed by atoms with van der Waals surface area (Å²) in [5.74, 6) is -0.254. The Morgan fingerprint density at radius 2 is 2.17 bits per heavy atom. The second-order valence-corrected chi connectivity index (χ2v) is 4.90. The molecule has 3 nitrogen and oxygen atoms in total. The molecule has 0 atom stereocenters. The van der Waals surface area contributed by atoms with Crippen molar-refractivity contribution in [2.75, 3.05) is 6.54 Å². The quantitative estimate of drug-likeness (QED) is 0.861. The van der Waals surface area contributed by atoms with Crippen molar-refractivity contribution in [2.45, 2.75) is 23.4 Å². The van der Waals surface area contributed by atoms with E-state index in [0.717, 1.165) is 11.3 Å². The first-order valence-corrected chi connectivity index (χ1v) is 6.46. The predicted molar refractivity (Wildman–Crippen MR) is 70.1 cm³/mol. The summed E-state index contributed by atoms with van der Waals surface area (Å²) in [7, 11) is 0. The first-order chi connectivity index (χ1) is 8.69. The van der Waals surface area contributed by atoms with Gasteiger partial charge in [-0.2, -0.15) is 0 Å². The molecule has 1 aromatic carbocycles. The van der Waals surface area contributed by atoms with E-state index in [1.54, 1.807) is 12.3 Å². The van der Waals surface area contributed by atoms with Crippen LogP contribution in [0.5, 0.6) is 0 Å². The molecule has 1 aromatic heterocycles. The summed E-state index contributed by atoms with van der Waals surface area (Å²) in [5, 5.41) is 0.556. The van der Waals surface area contributed by atoms with Crippen molar-refractivity contribution >= 4 is 11.8 Å². The highest BCUT2D eigenvalue weighted by molar-refractivity contribution is 7.99. The van der Waals surface area contributed by atoms with E-state index >= 15 is 0 Å². The average Bonchev–Trinajstić information content (AvgIpc) is 2.33. The molecule has 0 bridgehead atoms. The highest BCUT2D eigenvalue weighted by atomic mass is 32.2. The van der Waals surface area contributed by atoms with Gasteiger partial charge in [0, 0.05) is 11.9 Å². The van der Waals surface area contributed by atoms with E-state index in [0.29, 0.717) is 23.0 Å². The van der Waals surface area contributed by atoms with Gasteiger partial charge in [0.25, 0.3) is 0 Å². The van der Waals surface area contributed by atoms with E-state index < -0.39 is 0 Å². The van der Waals surface area contributed by atoms with Crippen LogP contribution in [0.3, 0.4) is 0 Å². The molecule has 0 amide bonds. The first kappa shape index (κ1) is 13.0. The second-order valence-electron chi connectivity index (χ2n) is 3.89. The van der Waals surface area contributed by atoms with Gasteiger partial charge in [-0.25, -0.2) is 14.4 Å². The summed E-state index contributed by atoms with van der Waals surface area (Å²) in [6, 6.07) is 6.96. The highest BCUT2D eigenvalue weighted by Crippen LogP contribution is 2.27. The van der Waals surface area contributed by atoms with E-state index in [-0.39, 0.29) is 5.82 Å². The molecule has 2 rings (SSSR count). The van der Waals surface area contributed by atoms with Crippen molar-refractivity contribution in [3.63, 3.8) is 0 Å². The number of aryl methyl sites for hydroxylation is 1. The Balaban J connectivity index is 2.19. The molecule has 94 valence electrons. The van der Waals surface area contributed by atoms with Gasteiger partial charge in [0.2, 0.25) is 0 Å². The molecule has 2 aromatic rings. The van der Waals surface area contributed by atoms with Crippen LogP contribution >= 0.6 is 11.8 Å². The standard InChI is InChI=1S/C13H14FN3S/c1-9-5-7-16-13(17-9)18-12-3-2-10(4-6-15)8-11(12)14/h2-3,5,7-8H,4,6,15H2,1H3. The van der Waals surface area contributed by atoms with Gasteiger partial charge in [-0.15, -0.1) is 0 Å². The number of aromatic nitrogens is 2. The Hall–Kier alpha value is -1.46. The highest BCUT2D eigenvalue weighted by Gasteiger charge is 2.07. The third-order valence-corrected chi connectivity index (χ3v) is 3.33. The van der Waals surface area contributed by atoms with Crippen molar-refractivity contribution < 1.29 is 4.39 Å². The van der Waals surface area contributed by atoms with Crippen LogP contribution in [0.25, 0.3) is 0 Å². The van der Waals surface area contributed by atoms with Crippen molar-refractivity contribution in [1.82, 2.24) is 9.97 Å². The van der Waals surface area contributed by atoms with Crippen LogP contribution in [0.2, 0.25) is 0 Å². The number of benzene rings is 1. The number of rotatable bonds is 4. The van der Waals surface area contributed by atoms with E-state index in [4.69, 9.17) is 5.73 Å². The summed E-state index contributed by atoms with van der Waals surface area (Å²) in [5.41, 5.74) is 7.22. The summed E-state index contributed by atoms with van der Waals surface area (Å²) >= 11 is 1.23. The van der Waals surface area contributed by atoms with Crippen LogP contribution in [0.15, 0.2) is 40.5 Å². The molecule has 0 aliphatic heterocycles. The maximum absolute atomic E-state index is 13.8. The van der Waals surface area contributed by atoms with Crippen LogP contribution in [-0.4, -0.2) is 16.5 Å². The summed E-state index contributed by atoms with van der Waals surface area (Å²) in [4.78, 5) is 8.86. The second kappa shape index (κ2) is 5.93. The molecular weight excluding hydrogens is 249 g/mol. The fraction of sp³-hybridized carbons (Fsp3) is 0.231. The zero-order chi connectivity index (χ0) is 13.0. The molecule has 0 fully saturated rings. The lowest BCUT2D eigenvalue weighted by molar-refractivity contribution is 0.599. The molecule has 0 unspecified atom stereocenters. The van der Waals surface area contributed by atoms with Gasteiger partial charge >= 0.3 is 0 Å². The average molecular weight is 263 g/mol. The molecule has 18 heavy (non-hydrogen) atoms. The normalized spacial score (nSPS) is 10.6. The Morgan fingerprint density at radius 1 is 1.33 bits per heavy atom. The van der Waals surface area contributed by atoms with Crippen molar-refractivity contribution in [3.8, 4) is 0 Å². The molecule has 0 aliphatic carbocycles. The lowest BCUT2D eigenvalue weighted by Crippen LogP contribution is -2.03. The minimum absolute atomic E-state index is 0.254. The Kier molecular flexibility index (Phi) is 4.28. The Morgan fingerprint density at radius 3 is 2.83 bits per heavy atom. The third-order valence-electron chi connectivity index (χ3n) is 2.40. The van der Waals surface area contributed by atoms with Gasteiger partial charge < -0.3 is 5.73 Å². The Bertz CT molecular complexity index is 546. The molecule has 5 heteroatoms. The minimum Gasteiger partial charge on any atom is -0.330 e. The van der Waals surface area contributed by atoms with Gasteiger partial charge in [-0.3, -0.25) is 0 Å². The first-order valence-electron chi connectivity index (χ1n) is 5.65. The maximum atomic E-state index is 13.8. The van der Waals surface area contributed by atoms with Gasteiger partial charge in [0.1, 0.15) is 5.82 Å². The van der Waals surface area contributed by atoms with Gasteiger partial charge in [-0.05, 0) is 55.4 Å². The lowest BCUT2D eigenvalue weighted by Gasteiger charge is -2.04. The molecule has 1 heterocycles. The monoisotopic (exact) mass is 263 g/mol. The molecule has 0 spiro atoms. The van der Waals surface area contributed by atoms with Crippen LogP contribution < -0.4 is 5.73 Å². The number of hydrogen-bond acceptors (Lipinski definition) is 4. The van der Waals surface area contributed by atoms with Gasteiger partial charge in [0.05, 0.1) is 4.90 Å². The lowest BCUT2D eigenvalue weighted by atomic mass is 10.1. The minimum atomic E-state index is -0.254. The summed E-state index contributed by atoms with van der Waals surface area (Å²) < 4.78 is 13.8. The molecular formula is C13H14FN3S. The fourth-order valence-corrected chi connectivity index (χ4v) is 2.32. The number of nitrogens with zero attached hydrogens (tertiary/aromatic N) is 2.